The number of piperazine rings is 1. The summed E-state index contributed by atoms with van der Waals surface area (Å²) in [5, 5.41) is 25.9. The molecular weight excluding hydrogens is 471 g/mol. The lowest BCUT2D eigenvalue weighted by Gasteiger charge is -2.34. The van der Waals surface area contributed by atoms with Gasteiger partial charge in [0.15, 0.2) is 0 Å². The zero-order chi connectivity index (χ0) is 25.6. The number of ether oxygens (including phenoxy) is 1. The van der Waals surface area contributed by atoms with Gasteiger partial charge in [-0.1, -0.05) is 22.4 Å². The largest absolute Gasteiger partial charge is 0.490 e. The van der Waals surface area contributed by atoms with Crippen molar-refractivity contribution in [2.24, 2.45) is 0 Å². The van der Waals surface area contributed by atoms with E-state index in [1.165, 1.54) is 11.3 Å². The minimum atomic E-state index is -5.08. The minimum absolute atomic E-state index is 0.0101. The van der Waals surface area contributed by atoms with Crippen LogP contribution in [0.15, 0.2) is 24.3 Å². The van der Waals surface area contributed by atoms with Gasteiger partial charge in [0.2, 0.25) is 5.69 Å². The quantitative estimate of drug-likeness (QED) is 0.568. The summed E-state index contributed by atoms with van der Waals surface area (Å²) >= 11 is 0. The van der Waals surface area contributed by atoms with Crippen molar-refractivity contribution in [3.8, 4) is 5.88 Å². The molecule has 1 saturated carbocycles. The van der Waals surface area contributed by atoms with Crippen LogP contribution in [0.2, 0.25) is 0 Å². The summed E-state index contributed by atoms with van der Waals surface area (Å²) in [7, 11) is 2.17. The van der Waals surface area contributed by atoms with Crippen molar-refractivity contribution in [2.45, 2.75) is 43.9 Å². The van der Waals surface area contributed by atoms with Gasteiger partial charge in [-0.2, -0.15) is 13.2 Å². The molecule has 0 bridgehead atoms. The lowest BCUT2D eigenvalue weighted by atomic mass is 9.82. The van der Waals surface area contributed by atoms with Crippen molar-refractivity contribution in [2.75, 3.05) is 38.1 Å². The van der Waals surface area contributed by atoms with Crippen LogP contribution in [0.4, 0.5) is 18.9 Å². The van der Waals surface area contributed by atoms with E-state index in [1.54, 1.807) is 0 Å². The number of anilines is 1. The van der Waals surface area contributed by atoms with E-state index >= 15 is 0 Å². The van der Waals surface area contributed by atoms with E-state index in [0.717, 1.165) is 51.9 Å². The number of aromatic nitrogens is 3. The van der Waals surface area contributed by atoms with Gasteiger partial charge in [-0.15, -0.1) is 0 Å². The third-order valence-corrected chi connectivity index (χ3v) is 6.16. The number of carboxylic acid groups (broad SMARTS) is 2. The Hall–Kier alpha value is -3.35. The topological polar surface area (TPSA) is 132 Å². The highest BCUT2D eigenvalue weighted by Crippen LogP contribution is 2.35. The van der Waals surface area contributed by atoms with Crippen LogP contribution < -0.4 is 9.64 Å². The van der Waals surface area contributed by atoms with Crippen molar-refractivity contribution < 1.29 is 37.7 Å². The maximum absolute atomic E-state index is 11.1. The fourth-order valence-electron chi connectivity index (χ4n) is 4.13. The summed E-state index contributed by atoms with van der Waals surface area (Å²) in [5.41, 5.74) is 2.60. The van der Waals surface area contributed by atoms with Crippen molar-refractivity contribution in [1.82, 2.24) is 20.3 Å². The van der Waals surface area contributed by atoms with Crippen LogP contribution >= 0.6 is 0 Å². The monoisotopic (exact) mass is 499 g/mol. The second-order valence-electron chi connectivity index (χ2n) is 8.57. The average molecular weight is 499 g/mol. The predicted octanol–water partition coefficient (Wildman–Crippen LogP) is 2.99. The van der Waals surface area contributed by atoms with Gasteiger partial charge in [-0.05, 0) is 56.3 Å². The van der Waals surface area contributed by atoms with Gasteiger partial charge in [0.05, 0.1) is 0 Å². The maximum atomic E-state index is 11.1. The number of aliphatic carboxylic acids is 1. The number of benzene rings is 1. The lowest BCUT2D eigenvalue weighted by Crippen LogP contribution is -2.44. The maximum Gasteiger partial charge on any atom is 0.490 e. The van der Waals surface area contributed by atoms with E-state index in [1.807, 2.05) is 0 Å². The standard InChI is InChI=1S/C20H27N5O3.C2HF3O2/c1-24-10-12-25(13-11-24)16-6-2-14(3-7-16)15-4-8-17(9-5-15)28-19-18(20(26)27)21-23-22-19;3-2(4,5)1(6)7/h2-3,6-7,15,17H,4-5,8-13H2,1H3,(H,26,27)(H,21,22,23);(H,6,7)/t15-,17-;. The Balaban J connectivity index is 0.000000429. The molecule has 10 nitrogen and oxygen atoms in total. The second-order valence-corrected chi connectivity index (χ2v) is 8.57. The van der Waals surface area contributed by atoms with Crippen molar-refractivity contribution >= 4 is 17.6 Å². The van der Waals surface area contributed by atoms with E-state index < -0.39 is 18.1 Å². The molecule has 192 valence electrons. The van der Waals surface area contributed by atoms with Gasteiger partial charge in [-0.3, -0.25) is 0 Å². The summed E-state index contributed by atoms with van der Waals surface area (Å²) in [6.07, 6.45) is -1.27. The molecule has 3 N–H and O–H groups in total. The Morgan fingerprint density at radius 2 is 1.60 bits per heavy atom. The summed E-state index contributed by atoms with van der Waals surface area (Å²) < 4.78 is 37.5. The number of likely N-dealkylation sites (N-methyl/N-ethyl adjacent to an activating group) is 1. The summed E-state index contributed by atoms with van der Waals surface area (Å²) in [4.78, 5) is 24.8. The minimum Gasteiger partial charge on any atom is -0.476 e. The molecule has 0 radical (unpaired) electrons. The first-order valence-corrected chi connectivity index (χ1v) is 11.2. The first kappa shape index (κ1) is 26.3. The van der Waals surface area contributed by atoms with E-state index in [4.69, 9.17) is 19.7 Å². The number of nitrogens with zero attached hydrogens (tertiary/aromatic N) is 4. The van der Waals surface area contributed by atoms with Crippen LogP contribution in [0.5, 0.6) is 5.88 Å². The molecular formula is C22H28F3N5O5. The number of hydrogen-bond acceptors (Lipinski definition) is 7. The summed E-state index contributed by atoms with van der Waals surface area (Å²) in [6, 6.07) is 9.02. The summed E-state index contributed by atoms with van der Waals surface area (Å²) in [5.74, 6) is -3.24. The molecule has 1 saturated heterocycles. The normalized spacial score (nSPS) is 21.1. The molecule has 1 aliphatic carbocycles. The fraction of sp³-hybridized carbons (Fsp3) is 0.545. The van der Waals surface area contributed by atoms with E-state index in [2.05, 4.69) is 56.5 Å². The molecule has 0 atom stereocenters. The number of aromatic carboxylic acids is 1. The highest BCUT2D eigenvalue weighted by molar-refractivity contribution is 5.87. The molecule has 0 unspecified atom stereocenters. The molecule has 35 heavy (non-hydrogen) atoms. The molecule has 2 fully saturated rings. The molecule has 13 heteroatoms. The first-order chi connectivity index (χ1) is 16.5. The number of aromatic amines is 1. The van der Waals surface area contributed by atoms with E-state index in [9.17, 15) is 18.0 Å². The highest BCUT2D eigenvalue weighted by atomic mass is 19.4. The van der Waals surface area contributed by atoms with E-state index in [-0.39, 0.29) is 17.7 Å². The Bertz CT molecular complexity index is 982. The number of H-pyrrole nitrogens is 1. The van der Waals surface area contributed by atoms with Gasteiger partial charge in [0.1, 0.15) is 6.10 Å². The SMILES string of the molecule is CN1CCN(c2ccc([C@H]3CC[C@H](Oc4nn[nH]c4C(=O)O)CC3)cc2)CC1.O=C(O)C(F)(F)F. The van der Waals surface area contributed by atoms with Crippen molar-refractivity contribution in [3.63, 3.8) is 0 Å². The number of nitrogens with one attached hydrogen (secondary N) is 1. The third kappa shape index (κ3) is 7.31. The number of alkyl halides is 3. The zero-order valence-corrected chi connectivity index (χ0v) is 19.2. The van der Waals surface area contributed by atoms with Gasteiger partial charge in [-0.25, -0.2) is 14.7 Å². The van der Waals surface area contributed by atoms with Crippen LogP contribution in [0, 0.1) is 0 Å². The zero-order valence-electron chi connectivity index (χ0n) is 19.2. The van der Waals surface area contributed by atoms with E-state index in [0.29, 0.717) is 5.92 Å². The molecule has 4 rings (SSSR count). The number of halogens is 3. The predicted molar refractivity (Wildman–Crippen MR) is 119 cm³/mol. The van der Waals surface area contributed by atoms with Gasteiger partial charge in [0, 0.05) is 31.9 Å². The lowest BCUT2D eigenvalue weighted by molar-refractivity contribution is -0.192. The second kappa shape index (κ2) is 11.4. The average Bonchev–Trinajstić information content (AvgIpc) is 3.29. The van der Waals surface area contributed by atoms with Crippen molar-refractivity contribution in [1.29, 1.82) is 0 Å². The molecule has 0 amide bonds. The Kier molecular flexibility index (Phi) is 8.54. The Morgan fingerprint density at radius 1 is 1.03 bits per heavy atom. The Morgan fingerprint density at radius 3 is 2.11 bits per heavy atom. The van der Waals surface area contributed by atoms with Crippen LogP contribution in [-0.2, 0) is 4.79 Å². The summed E-state index contributed by atoms with van der Waals surface area (Å²) in [6.45, 7) is 4.39. The number of hydrogen-bond donors (Lipinski definition) is 3. The number of carboxylic acids is 2. The van der Waals surface area contributed by atoms with Gasteiger partial charge < -0.3 is 24.7 Å². The van der Waals surface area contributed by atoms with Crippen LogP contribution in [-0.4, -0.2) is 88.0 Å². The molecule has 1 aliphatic heterocycles. The molecule has 2 aromatic rings. The number of carbonyl (C=O) groups is 2. The molecule has 0 spiro atoms. The molecule has 2 aliphatic rings. The van der Waals surface area contributed by atoms with Crippen molar-refractivity contribution in [3.05, 3.63) is 35.5 Å². The third-order valence-electron chi connectivity index (χ3n) is 6.16. The van der Waals surface area contributed by atoms with Crippen LogP contribution in [0.3, 0.4) is 0 Å². The first-order valence-electron chi connectivity index (χ1n) is 11.2. The van der Waals surface area contributed by atoms with Gasteiger partial charge >= 0.3 is 18.1 Å². The highest BCUT2D eigenvalue weighted by Gasteiger charge is 2.38. The molecule has 1 aromatic carbocycles. The van der Waals surface area contributed by atoms with Crippen LogP contribution in [0.25, 0.3) is 0 Å². The molecule has 1 aromatic heterocycles. The smallest absolute Gasteiger partial charge is 0.476 e. The molecule has 2 heterocycles. The van der Waals surface area contributed by atoms with Crippen LogP contribution in [0.1, 0.15) is 47.7 Å². The fourth-order valence-corrected chi connectivity index (χ4v) is 4.13. The number of rotatable bonds is 5. The Labute approximate surface area is 199 Å². The van der Waals surface area contributed by atoms with Gasteiger partial charge in [0.25, 0.3) is 5.88 Å².